The fraction of sp³-hybridized carbons (Fsp3) is 0.889. The highest BCUT2D eigenvalue weighted by Gasteiger charge is 2.20. The van der Waals surface area contributed by atoms with Gasteiger partial charge in [-0.1, -0.05) is 6.42 Å². The molecule has 0 aliphatic carbocycles. The third kappa shape index (κ3) is 3.32. The second-order valence-corrected chi connectivity index (χ2v) is 3.59. The van der Waals surface area contributed by atoms with Crippen LogP contribution in [0.1, 0.15) is 26.2 Å². The monoisotopic (exact) mass is 186 g/mol. The van der Waals surface area contributed by atoms with E-state index in [9.17, 15) is 4.79 Å². The molecular weight excluding hydrogens is 168 g/mol. The van der Waals surface area contributed by atoms with Gasteiger partial charge < -0.3 is 15.7 Å². The fourth-order valence-electron chi connectivity index (χ4n) is 1.46. The van der Waals surface area contributed by atoms with E-state index in [1.54, 1.807) is 6.92 Å². The van der Waals surface area contributed by atoms with Crippen molar-refractivity contribution in [1.82, 2.24) is 10.6 Å². The van der Waals surface area contributed by atoms with Gasteiger partial charge in [-0.2, -0.15) is 0 Å². The zero-order valence-corrected chi connectivity index (χ0v) is 8.05. The van der Waals surface area contributed by atoms with E-state index in [4.69, 9.17) is 5.11 Å². The summed E-state index contributed by atoms with van der Waals surface area (Å²) in [7, 11) is 0. The quantitative estimate of drug-likeness (QED) is 0.563. The summed E-state index contributed by atoms with van der Waals surface area (Å²) in [5.74, 6) is 0.0150. The molecule has 1 unspecified atom stereocenters. The third-order valence-corrected chi connectivity index (χ3v) is 2.29. The Morgan fingerprint density at radius 1 is 1.69 bits per heavy atom. The molecule has 0 aromatic rings. The molecule has 2 atom stereocenters. The van der Waals surface area contributed by atoms with Crippen molar-refractivity contribution in [1.29, 1.82) is 0 Å². The number of carbonyl (C=O) groups is 1. The summed E-state index contributed by atoms with van der Waals surface area (Å²) in [5, 5.41) is 14.6. The van der Waals surface area contributed by atoms with Gasteiger partial charge in [0.2, 0.25) is 5.91 Å². The Morgan fingerprint density at radius 2 is 2.46 bits per heavy atom. The van der Waals surface area contributed by atoms with Gasteiger partial charge in [0.1, 0.15) is 0 Å². The Kier molecular flexibility index (Phi) is 4.18. The van der Waals surface area contributed by atoms with E-state index < -0.39 is 0 Å². The highest BCUT2D eigenvalue weighted by Crippen LogP contribution is 2.06. The molecule has 0 saturated carbocycles. The number of piperidine rings is 1. The molecule has 1 aliphatic rings. The Labute approximate surface area is 78.7 Å². The van der Waals surface area contributed by atoms with Gasteiger partial charge in [-0.15, -0.1) is 0 Å². The number of aliphatic hydroxyl groups is 1. The average Bonchev–Trinajstić information content (AvgIpc) is 2.19. The standard InChI is InChI=1S/C9H18N2O2/c1-7(6-12)11-9(13)8-4-2-3-5-10-8/h7-8,10,12H,2-6H2,1H3,(H,11,13)/t7-,8?/m1/s1. The van der Waals surface area contributed by atoms with Crippen LogP contribution in [0.5, 0.6) is 0 Å². The first-order valence-corrected chi connectivity index (χ1v) is 4.88. The number of hydrogen-bond donors (Lipinski definition) is 3. The summed E-state index contributed by atoms with van der Waals surface area (Å²) < 4.78 is 0. The number of carbonyl (C=O) groups excluding carboxylic acids is 1. The van der Waals surface area contributed by atoms with Crippen LogP contribution in [-0.2, 0) is 4.79 Å². The molecule has 1 heterocycles. The van der Waals surface area contributed by atoms with E-state index in [0.29, 0.717) is 0 Å². The zero-order chi connectivity index (χ0) is 9.68. The summed E-state index contributed by atoms with van der Waals surface area (Å²) in [4.78, 5) is 11.5. The summed E-state index contributed by atoms with van der Waals surface area (Å²) in [5.41, 5.74) is 0. The molecule has 0 radical (unpaired) electrons. The lowest BCUT2D eigenvalue weighted by Gasteiger charge is -2.23. The van der Waals surface area contributed by atoms with E-state index in [2.05, 4.69) is 10.6 Å². The highest BCUT2D eigenvalue weighted by molar-refractivity contribution is 5.82. The summed E-state index contributed by atoms with van der Waals surface area (Å²) in [6.45, 7) is 2.71. The summed E-state index contributed by atoms with van der Waals surface area (Å²) >= 11 is 0. The molecule has 1 amide bonds. The van der Waals surface area contributed by atoms with Gasteiger partial charge in [-0.05, 0) is 26.3 Å². The number of rotatable bonds is 3. The van der Waals surface area contributed by atoms with Gasteiger partial charge in [0.15, 0.2) is 0 Å². The van der Waals surface area contributed by atoms with E-state index in [0.717, 1.165) is 25.8 Å². The summed E-state index contributed by atoms with van der Waals surface area (Å²) in [6, 6.07) is -0.195. The zero-order valence-electron chi connectivity index (χ0n) is 8.05. The minimum Gasteiger partial charge on any atom is -0.394 e. The lowest BCUT2D eigenvalue weighted by molar-refractivity contribution is -0.124. The van der Waals surface area contributed by atoms with Crippen LogP contribution in [0.2, 0.25) is 0 Å². The third-order valence-electron chi connectivity index (χ3n) is 2.29. The van der Waals surface area contributed by atoms with Crippen LogP contribution < -0.4 is 10.6 Å². The molecule has 3 N–H and O–H groups in total. The van der Waals surface area contributed by atoms with Crippen LogP contribution in [0.4, 0.5) is 0 Å². The molecule has 0 bridgehead atoms. The highest BCUT2D eigenvalue weighted by atomic mass is 16.3. The van der Waals surface area contributed by atoms with Crippen molar-refractivity contribution in [2.45, 2.75) is 38.3 Å². The first-order valence-electron chi connectivity index (χ1n) is 4.88. The SMILES string of the molecule is C[C@H](CO)NC(=O)C1CCCCN1. The van der Waals surface area contributed by atoms with Gasteiger partial charge in [0.25, 0.3) is 0 Å². The normalized spacial score (nSPS) is 25.2. The largest absolute Gasteiger partial charge is 0.394 e. The van der Waals surface area contributed by atoms with Crippen LogP contribution in [0, 0.1) is 0 Å². The number of amides is 1. The van der Waals surface area contributed by atoms with Crippen LogP contribution >= 0.6 is 0 Å². The van der Waals surface area contributed by atoms with Crippen molar-refractivity contribution in [3.63, 3.8) is 0 Å². The van der Waals surface area contributed by atoms with Crippen LogP contribution in [0.3, 0.4) is 0 Å². The van der Waals surface area contributed by atoms with Crippen molar-refractivity contribution in [3.05, 3.63) is 0 Å². The van der Waals surface area contributed by atoms with Crippen LogP contribution in [-0.4, -0.2) is 36.2 Å². The first kappa shape index (κ1) is 10.5. The van der Waals surface area contributed by atoms with Gasteiger partial charge in [-0.25, -0.2) is 0 Å². The van der Waals surface area contributed by atoms with Crippen molar-refractivity contribution < 1.29 is 9.90 Å². The Hall–Kier alpha value is -0.610. The maximum Gasteiger partial charge on any atom is 0.237 e. The van der Waals surface area contributed by atoms with Crippen molar-refractivity contribution >= 4 is 5.91 Å². The Balaban J connectivity index is 2.29. The van der Waals surface area contributed by atoms with Crippen LogP contribution in [0.15, 0.2) is 0 Å². The van der Waals surface area contributed by atoms with Gasteiger partial charge in [0, 0.05) is 6.04 Å². The van der Waals surface area contributed by atoms with E-state index in [1.165, 1.54) is 0 Å². The topological polar surface area (TPSA) is 61.4 Å². The molecule has 1 saturated heterocycles. The van der Waals surface area contributed by atoms with E-state index in [-0.39, 0.29) is 24.6 Å². The Bertz CT molecular complexity index is 167. The number of nitrogens with one attached hydrogen (secondary N) is 2. The number of hydrogen-bond acceptors (Lipinski definition) is 3. The molecule has 4 heteroatoms. The molecule has 0 aromatic carbocycles. The average molecular weight is 186 g/mol. The maximum atomic E-state index is 11.5. The molecule has 1 aliphatic heterocycles. The molecule has 76 valence electrons. The lowest BCUT2D eigenvalue weighted by Crippen LogP contribution is -2.49. The Morgan fingerprint density at radius 3 is 3.00 bits per heavy atom. The van der Waals surface area contributed by atoms with E-state index in [1.807, 2.05) is 0 Å². The number of aliphatic hydroxyl groups excluding tert-OH is 1. The van der Waals surface area contributed by atoms with Gasteiger partial charge in [0.05, 0.1) is 12.6 Å². The molecule has 1 rings (SSSR count). The smallest absolute Gasteiger partial charge is 0.237 e. The molecule has 1 fully saturated rings. The predicted molar refractivity (Wildman–Crippen MR) is 50.3 cm³/mol. The van der Waals surface area contributed by atoms with Crippen molar-refractivity contribution in [2.75, 3.05) is 13.2 Å². The van der Waals surface area contributed by atoms with E-state index >= 15 is 0 Å². The molecule has 13 heavy (non-hydrogen) atoms. The van der Waals surface area contributed by atoms with Gasteiger partial charge in [-0.3, -0.25) is 4.79 Å². The van der Waals surface area contributed by atoms with Crippen molar-refractivity contribution in [3.8, 4) is 0 Å². The van der Waals surface area contributed by atoms with Crippen LogP contribution in [0.25, 0.3) is 0 Å². The molecule has 0 aromatic heterocycles. The first-order chi connectivity index (χ1) is 6.24. The second-order valence-electron chi connectivity index (χ2n) is 3.59. The summed E-state index contributed by atoms with van der Waals surface area (Å²) in [6.07, 6.45) is 3.17. The van der Waals surface area contributed by atoms with Crippen molar-refractivity contribution in [2.24, 2.45) is 0 Å². The fourth-order valence-corrected chi connectivity index (χ4v) is 1.46. The second kappa shape index (κ2) is 5.19. The molecule has 4 nitrogen and oxygen atoms in total. The van der Waals surface area contributed by atoms with Gasteiger partial charge >= 0.3 is 0 Å². The minimum absolute atomic E-state index is 0.00153. The lowest BCUT2D eigenvalue weighted by atomic mass is 10.0. The minimum atomic E-state index is -0.142. The molecular formula is C9H18N2O2. The maximum absolute atomic E-state index is 11.5. The predicted octanol–water partition coefficient (Wildman–Crippen LogP) is -0.374. The molecule has 0 spiro atoms.